The standard InChI is InChI=1S/C13H13ClN2O2/c1-2-9-5-11(3-4-12(9)14)18-13-10(7-17)6-15-8-16-13/h3-6,8,17H,2,7H2,1H3. The molecule has 5 heteroatoms. The van der Waals surface area contributed by atoms with Crippen LogP contribution in [-0.4, -0.2) is 15.1 Å². The highest BCUT2D eigenvalue weighted by atomic mass is 35.5. The summed E-state index contributed by atoms with van der Waals surface area (Å²) in [6.45, 7) is 1.86. The Balaban J connectivity index is 2.28. The average Bonchev–Trinajstić information content (AvgIpc) is 2.41. The first kappa shape index (κ1) is 12.8. The molecule has 0 spiro atoms. The molecule has 2 rings (SSSR count). The molecule has 0 bridgehead atoms. The van der Waals surface area contributed by atoms with Crippen molar-refractivity contribution < 1.29 is 9.84 Å². The third-order valence-electron chi connectivity index (χ3n) is 2.53. The minimum absolute atomic E-state index is 0.162. The lowest BCUT2D eigenvalue weighted by molar-refractivity contribution is 0.274. The van der Waals surface area contributed by atoms with Crippen LogP contribution in [0.15, 0.2) is 30.7 Å². The largest absolute Gasteiger partial charge is 0.439 e. The van der Waals surface area contributed by atoms with E-state index in [2.05, 4.69) is 9.97 Å². The van der Waals surface area contributed by atoms with Crippen molar-refractivity contribution >= 4 is 11.6 Å². The molecule has 1 aromatic heterocycles. The van der Waals surface area contributed by atoms with E-state index in [4.69, 9.17) is 21.4 Å². The number of hydrogen-bond donors (Lipinski definition) is 1. The predicted octanol–water partition coefficient (Wildman–Crippen LogP) is 2.98. The zero-order chi connectivity index (χ0) is 13.0. The molecule has 0 aliphatic heterocycles. The Bertz CT molecular complexity index is 546. The summed E-state index contributed by atoms with van der Waals surface area (Å²) in [5.74, 6) is 1.00. The van der Waals surface area contributed by atoms with Crippen LogP contribution >= 0.6 is 11.6 Å². The molecule has 1 aromatic carbocycles. The Labute approximate surface area is 110 Å². The molecule has 0 amide bonds. The Morgan fingerprint density at radius 1 is 1.33 bits per heavy atom. The SMILES string of the molecule is CCc1cc(Oc2ncncc2CO)ccc1Cl. The van der Waals surface area contributed by atoms with Crippen molar-refractivity contribution in [2.45, 2.75) is 20.0 Å². The smallest absolute Gasteiger partial charge is 0.227 e. The Morgan fingerprint density at radius 3 is 2.89 bits per heavy atom. The minimum atomic E-state index is -0.162. The van der Waals surface area contributed by atoms with Gasteiger partial charge in [-0.1, -0.05) is 18.5 Å². The van der Waals surface area contributed by atoms with E-state index in [0.717, 1.165) is 17.0 Å². The highest BCUT2D eigenvalue weighted by Crippen LogP contribution is 2.27. The summed E-state index contributed by atoms with van der Waals surface area (Å²) < 4.78 is 5.63. The van der Waals surface area contributed by atoms with Crippen LogP contribution < -0.4 is 4.74 Å². The van der Waals surface area contributed by atoms with Gasteiger partial charge in [-0.25, -0.2) is 9.97 Å². The fourth-order valence-corrected chi connectivity index (χ4v) is 1.80. The Kier molecular flexibility index (Phi) is 4.12. The third-order valence-corrected chi connectivity index (χ3v) is 2.90. The number of rotatable bonds is 4. The normalized spacial score (nSPS) is 10.4. The molecule has 0 aliphatic carbocycles. The van der Waals surface area contributed by atoms with E-state index in [1.807, 2.05) is 13.0 Å². The third kappa shape index (κ3) is 2.78. The van der Waals surface area contributed by atoms with Gasteiger partial charge in [-0.05, 0) is 30.2 Å². The van der Waals surface area contributed by atoms with Crippen LogP contribution in [0.1, 0.15) is 18.1 Å². The second-order valence-electron chi connectivity index (χ2n) is 3.72. The summed E-state index contributed by atoms with van der Waals surface area (Å²) >= 11 is 6.04. The van der Waals surface area contributed by atoms with Crippen molar-refractivity contribution in [3.8, 4) is 11.6 Å². The highest BCUT2D eigenvalue weighted by molar-refractivity contribution is 6.31. The van der Waals surface area contributed by atoms with Crippen molar-refractivity contribution in [1.29, 1.82) is 0 Å². The first-order chi connectivity index (χ1) is 8.74. The fraction of sp³-hybridized carbons (Fsp3) is 0.231. The monoisotopic (exact) mass is 264 g/mol. The van der Waals surface area contributed by atoms with Crippen molar-refractivity contribution in [3.05, 3.63) is 46.9 Å². The minimum Gasteiger partial charge on any atom is -0.439 e. The molecule has 0 fully saturated rings. The fourth-order valence-electron chi connectivity index (χ4n) is 1.54. The van der Waals surface area contributed by atoms with E-state index in [9.17, 15) is 0 Å². The average molecular weight is 265 g/mol. The van der Waals surface area contributed by atoms with Crippen LogP contribution in [0.25, 0.3) is 0 Å². The van der Waals surface area contributed by atoms with Gasteiger partial charge in [-0.15, -0.1) is 0 Å². The first-order valence-electron chi connectivity index (χ1n) is 5.60. The number of aliphatic hydroxyl groups is 1. The molecule has 0 radical (unpaired) electrons. The van der Waals surface area contributed by atoms with E-state index < -0.39 is 0 Å². The summed E-state index contributed by atoms with van der Waals surface area (Å²) in [6, 6.07) is 5.42. The first-order valence-corrected chi connectivity index (χ1v) is 5.98. The second kappa shape index (κ2) is 5.80. The zero-order valence-corrected chi connectivity index (χ0v) is 10.7. The number of halogens is 1. The summed E-state index contributed by atoms with van der Waals surface area (Å²) in [4.78, 5) is 7.83. The van der Waals surface area contributed by atoms with Crippen LogP contribution in [0.4, 0.5) is 0 Å². The van der Waals surface area contributed by atoms with Crippen LogP contribution in [0.3, 0.4) is 0 Å². The van der Waals surface area contributed by atoms with Gasteiger partial charge >= 0.3 is 0 Å². The molecule has 0 saturated carbocycles. The summed E-state index contributed by atoms with van der Waals surface area (Å²) in [6.07, 6.45) is 3.73. The molecule has 0 unspecified atom stereocenters. The van der Waals surface area contributed by atoms with E-state index in [0.29, 0.717) is 17.2 Å². The topological polar surface area (TPSA) is 55.2 Å². The summed E-state index contributed by atoms with van der Waals surface area (Å²) in [7, 11) is 0. The van der Waals surface area contributed by atoms with Crippen LogP contribution in [0.2, 0.25) is 5.02 Å². The van der Waals surface area contributed by atoms with Crippen LogP contribution in [-0.2, 0) is 13.0 Å². The molecular formula is C13H13ClN2O2. The van der Waals surface area contributed by atoms with Gasteiger partial charge in [-0.3, -0.25) is 0 Å². The lowest BCUT2D eigenvalue weighted by Gasteiger charge is -2.09. The highest BCUT2D eigenvalue weighted by Gasteiger charge is 2.07. The lowest BCUT2D eigenvalue weighted by atomic mass is 10.1. The molecule has 94 valence electrons. The maximum absolute atomic E-state index is 9.16. The second-order valence-corrected chi connectivity index (χ2v) is 4.13. The van der Waals surface area contributed by atoms with Crippen molar-refractivity contribution in [1.82, 2.24) is 9.97 Å². The van der Waals surface area contributed by atoms with Gasteiger partial charge in [0.25, 0.3) is 0 Å². The number of hydrogen-bond acceptors (Lipinski definition) is 4. The maximum Gasteiger partial charge on any atom is 0.227 e. The van der Waals surface area contributed by atoms with Crippen LogP contribution in [0, 0.1) is 0 Å². The number of aryl methyl sites for hydroxylation is 1. The summed E-state index contributed by atoms with van der Waals surface area (Å²) in [5, 5.41) is 9.88. The van der Waals surface area contributed by atoms with E-state index in [-0.39, 0.29) is 6.61 Å². The molecule has 2 aromatic rings. The van der Waals surface area contributed by atoms with Crippen LogP contribution in [0.5, 0.6) is 11.6 Å². The number of aromatic nitrogens is 2. The van der Waals surface area contributed by atoms with E-state index in [1.165, 1.54) is 12.5 Å². The molecule has 1 heterocycles. The molecule has 4 nitrogen and oxygen atoms in total. The molecule has 0 saturated heterocycles. The number of ether oxygens (including phenoxy) is 1. The number of aliphatic hydroxyl groups excluding tert-OH is 1. The molecular weight excluding hydrogens is 252 g/mol. The van der Waals surface area contributed by atoms with E-state index >= 15 is 0 Å². The quantitative estimate of drug-likeness (QED) is 0.922. The molecule has 0 aliphatic rings. The number of nitrogens with zero attached hydrogens (tertiary/aromatic N) is 2. The van der Waals surface area contributed by atoms with Gasteiger partial charge in [0.2, 0.25) is 5.88 Å². The Hall–Kier alpha value is -1.65. The summed E-state index contributed by atoms with van der Waals surface area (Å²) in [5.41, 5.74) is 1.55. The van der Waals surface area contributed by atoms with Crippen molar-refractivity contribution in [3.63, 3.8) is 0 Å². The van der Waals surface area contributed by atoms with Gasteiger partial charge in [-0.2, -0.15) is 0 Å². The lowest BCUT2D eigenvalue weighted by Crippen LogP contribution is -1.96. The Morgan fingerprint density at radius 2 is 2.17 bits per heavy atom. The maximum atomic E-state index is 9.16. The van der Waals surface area contributed by atoms with Gasteiger partial charge in [0, 0.05) is 11.2 Å². The van der Waals surface area contributed by atoms with E-state index in [1.54, 1.807) is 12.1 Å². The molecule has 1 N–H and O–H groups in total. The van der Waals surface area contributed by atoms with Gasteiger partial charge in [0.1, 0.15) is 12.1 Å². The zero-order valence-electron chi connectivity index (χ0n) is 9.93. The van der Waals surface area contributed by atoms with Gasteiger partial charge in [0.05, 0.1) is 12.2 Å². The van der Waals surface area contributed by atoms with Gasteiger partial charge < -0.3 is 9.84 Å². The predicted molar refractivity (Wildman–Crippen MR) is 68.9 cm³/mol. The molecule has 0 atom stereocenters. The van der Waals surface area contributed by atoms with Crippen molar-refractivity contribution in [2.75, 3.05) is 0 Å². The van der Waals surface area contributed by atoms with Gasteiger partial charge in [0.15, 0.2) is 0 Å². The number of benzene rings is 1. The molecule has 18 heavy (non-hydrogen) atoms. The van der Waals surface area contributed by atoms with Crippen molar-refractivity contribution in [2.24, 2.45) is 0 Å².